The molecular formula is C20H32ClIN4O2S. The van der Waals surface area contributed by atoms with E-state index in [1.165, 1.54) is 4.90 Å². The topological polar surface area (TPSA) is 58.1 Å². The van der Waals surface area contributed by atoms with Gasteiger partial charge in [0.05, 0.1) is 19.8 Å². The van der Waals surface area contributed by atoms with Crippen LogP contribution in [0, 0.1) is 5.92 Å². The number of thioether (sulfide) groups is 1. The fourth-order valence-corrected chi connectivity index (χ4v) is 4.54. The van der Waals surface area contributed by atoms with E-state index in [-0.39, 0.29) is 24.0 Å². The molecule has 0 bridgehead atoms. The predicted molar refractivity (Wildman–Crippen MR) is 132 cm³/mol. The van der Waals surface area contributed by atoms with Crippen LogP contribution < -0.4 is 10.6 Å². The number of guanidine groups is 1. The van der Waals surface area contributed by atoms with Crippen molar-refractivity contribution in [2.24, 2.45) is 10.9 Å². The van der Waals surface area contributed by atoms with Gasteiger partial charge >= 0.3 is 0 Å². The number of hydrogen-bond donors (Lipinski definition) is 2. The Labute approximate surface area is 200 Å². The highest BCUT2D eigenvalue weighted by molar-refractivity contribution is 14.0. The van der Waals surface area contributed by atoms with Gasteiger partial charge < -0.3 is 20.1 Å². The van der Waals surface area contributed by atoms with Crippen LogP contribution in [-0.2, 0) is 9.47 Å². The summed E-state index contributed by atoms with van der Waals surface area (Å²) in [5.41, 5.74) is 0. The summed E-state index contributed by atoms with van der Waals surface area (Å²) < 4.78 is 11.2. The van der Waals surface area contributed by atoms with Gasteiger partial charge in [0.1, 0.15) is 0 Å². The van der Waals surface area contributed by atoms with Gasteiger partial charge in [-0.25, -0.2) is 0 Å². The number of hydrogen-bond acceptors (Lipinski definition) is 5. The first-order valence-corrected chi connectivity index (χ1v) is 11.3. The fraction of sp³-hybridized carbons (Fsp3) is 0.650. The van der Waals surface area contributed by atoms with Gasteiger partial charge in [-0.15, -0.1) is 35.7 Å². The lowest BCUT2D eigenvalue weighted by atomic mass is 9.97. The Balaban J connectivity index is 0.00000300. The second-order valence-electron chi connectivity index (χ2n) is 7.02. The highest BCUT2D eigenvalue weighted by atomic mass is 127. The highest BCUT2D eigenvalue weighted by Gasteiger charge is 2.31. The molecule has 0 amide bonds. The van der Waals surface area contributed by atoms with Crippen molar-refractivity contribution in [3.63, 3.8) is 0 Å². The van der Waals surface area contributed by atoms with Crippen molar-refractivity contribution in [1.82, 2.24) is 15.5 Å². The lowest BCUT2D eigenvalue weighted by molar-refractivity contribution is 0.00247. The first kappa shape index (κ1) is 25.0. The van der Waals surface area contributed by atoms with Crippen molar-refractivity contribution >= 4 is 53.3 Å². The molecule has 6 nitrogen and oxygen atoms in total. The number of benzene rings is 1. The molecule has 2 aliphatic heterocycles. The largest absolute Gasteiger partial charge is 0.381 e. The maximum Gasteiger partial charge on any atom is 0.191 e. The first-order chi connectivity index (χ1) is 13.8. The molecule has 0 aromatic heterocycles. The maximum absolute atomic E-state index is 5.93. The summed E-state index contributed by atoms with van der Waals surface area (Å²) in [6.45, 7) is 7.07. The van der Waals surface area contributed by atoms with Crippen LogP contribution in [0.1, 0.15) is 6.42 Å². The van der Waals surface area contributed by atoms with E-state index in [1.807, 2.05) is 19.2 Å². The Morgan fingerprint density at radius 1 is 1.21 bits per heavy atom. The lowest BCUT2D eigenvalue weighted by Gasteiger charge is -2.37. The van der Waals surface area contributed by atoms with Crippen molar-refractivity contribution in [3.05, 3.63) is 29.3 Å². The Kier molecular flexibility index (Phi) is 12.0. The van der Waals surface area contributed by atoms with E-state index in [0.717, 1.165) is 75.8 Å². The quantitative estimate of drug-likeness (QED) is 0.169. The van der Waals surface area contributed by atoms with E-state index in [4.69, 9.17) is 21.1 Å². The van der Waals surface area contributed by atoms with E-state index in [9.17, 15) is 0 Å². The zero-order valence-corrected chi connectivity index (χ0v) is 20.8. The van der Waals surface area contributed by atoms with Crippen LogP contribution in [-0.4, -0.2) is 82.3 Å². The number of nitrogens with one attached hydrogen (secondary N) is 2. The van der Waals surface area contributed by atoms with Crippen LogP contribution in [0.2, 0.25) is 5.02 Å². The van der Waals surface area contributed by atoms with E-state index in [1.54, 1.807) is 11.8 Å². The second-order valence-corrected chi connectivity index (χ2v) is 8.63. The van der Waals surface area contributed by atoms with E-state index >= 15 is 0 Å². The molecule has 164 valence electrons. The average molecular weight is 555 g/mol. The van der Waals surface area contributed by atoms with Crippen LogP contribution in [0.15, 0.2) is 34.2 Å². The van der Waals surface area contributed by atoms with Crippen molar-refractivity contribution in [3.8, 4) is 0 Å². The molecule has 0 aliphatic carbocycles. The molecule has 29 heavy (non-hydrogen) atoms. The number of nitrogens with zero attached hydrogens (tertiary/aromatic N) is 2. The Bertz CT molecular complexity index is 611. The SMILES string of the molecule is CN=C(NCCSc1ccc(Cl)cc1)NCC(C1CCOC1)N1CCOCC1.I. The minimum atomic E-state index is 0. The number of aliphatic imine (C=N–C) groups is 1. The van der Waals surface area contributed by atoms with Crippen molar-refractivity contribution in [1.29, 1.82) is 0 Å². The third-order valence-corrected chi connectivity index (χ3v) is 6.47. The Morgan fingerprint density at radius 2 is 1.97 bits per heavy atom. The normalized spacial score (nSPS) is 21.4. The predicted octanol–water partition coefficient (Wildman–Crippen LogP) is 2.95. The lowest BCUT2D eigenvalue weighted by Crippen LogP contribution is -2.53. The molecule has 2 atom stereocenters. The smallest absolute Gasteiger partial charge is 0.191 e. The van der Waals surface area contributed by atoms with Gasteiger partial charge in [-0.3, -0.25) is 9.89 Å². The molecule has 9 heteroatoms. The summed E-state index contributed by atoms with van der Waals surface area (Å²) in [6, 6.07) is 8.41. The average Bonchev–Trinajstić information content (AvgIpc) is 3.26. The van der Waals surface area contributed by atoms with Crippen LogP contribution in [0.5, 0.6) is 0 Å². The van der Waals surface area contributed by atoms with Crippen molar-refractivity contribution in [2.45, 2.75) is 17.4 Å². The molecule has 3 rings (SSSR count). The molecule has 2 heterocycles. The minimum Gasteiger partial charge on any atom is -0.381 e. The van der Waals surface area contributed by atoms with Gasteiger partial charge in [0.15, 0.2) is 5.96 Å². The maximum atomic E-state index is 5.93. The molecule has 2 fully saturated rings. The van der Waals surface area contributed by atoms with Gasteiger partial charge in [-0.2, -0.15) is 0 Å². The summed E-state index contributed by atoms with van der Waals surface area (Å²) in [5, 5.41) is 7.71. The second kappa shape index (κ2) is 13.9. The molecule has 2 N–H and O–H groups in total. The molecule has 2 aliphatic rings. The van der Waals surface area contributed by atoms with Gasteiger partial charge in [-0.1, -0.05) is 11.6 Å². The standard InChI is InChI=1S/C20H31ClN4O2S.HI/c1-22-20(23-7-13-28-18-4-2-17(21)3-5-18)24-14-19(16-6-10-27-15-16)25-8-11-26-12-9-25;/h2-5,16,19H,6-15H2,1H3,(H2,22,23,24);1H. The van der Waals surface area contributed by atoms with Gasteiger partial charge in [0.2, 0.25) is 0 Å². The number of morpholine rings is 1. The summed E-state index contributed by atoms with van der Waals surface area (Å²) in [6.07, 6.45) is 1.13. The molecule has 1 aromatic rings. The summed E-state index contributed by atoms with van der Waals surface area (Å²) in [4.78, 5) is 8.15. The van der Waals surface area contributed by atoms with Crippen LogP contribution >= 0.6 is 47.3 Å². The van der Waals surface area contributed by atoms with Crippen molar-refractivity contribution < 1.29 is 9.47 Å². The van der Waals surface area contributed by atoms with Crippen LogP contribution in [0.3, 0.4) is 0 Å². The first-order valence-electron chi connectivity index (χ1n) is 9.98. The van der Waals surface area contributed by atoms with Gasteiger partial charge in [0, 0.05) is 67.5 Å². The molecular weight excluding hydrogens is 523 g/mol. The molecule has 1 aromatic carbocycles. The van der Waals surface area contributed by atoms with Gasteiger partial charge in [-0.05, 0) is 30.7 Å². The Morgan fingerprint density at radius 3 is 2.62 bits per heavy atom. The van der Waals surface area contributed by atoms with E-state index in [2.05, 4.69) is 32.7 Å². The number of ether oxygens (including phenoxy) is 2. The van der Waals surface area contributed by atoms with Crippen LogP contribution in [0.4, 0.5) is 0 Å². The minimum absolute atomic E-state index is 0. The summed E-state index contributed by atoms with van der Waals surface area (Å²) >= 11 is 7.74. The van der Waals surface area contributed by atoms with E-state index in [0.29, 0.717) is 12.0 Å². The summed E-state index contributed by atoms with van der Waals surface area (Å²) in [5.74, 6) is 2.39. The number of rotatable bonds is 8. The van der Waals surface area contributed by atoms with Gasteiger partial charge in [0.25, 0.3) is 0 Å². The molecule has 0 saturated carbocycles. The van der Waals surface area contributed by atoms with E-state index < -0.39 is 0 Å². The third-order valence-electron chi connectivity index (χ3n) is 5.20. The fourth-order valence-electron chi connectivity index (χ4n) is 3.65. The Hall–Kier alpha value is -0.260. The zero-order valence-electron chi connectivity index (χ0n) is 16.9. The van der Waals surface area contributed by atoms with Crippen LogP contribution in [0.25, 0.3) is 0 Å². The highest BCUT2D eigenvalue weighted by Crippen LogP contribution is 2.22. The van der Waals surface area contributed by atoms with Crippen molar-refractivity contribution in [2.75, 3.05) is 65.4 Å². The molecule has 0 spiro atoms. The third kappa shape index (κ3) is 8.41. The molecule has 2 saturated heterocycles. The molecule has 0 radical (unpaired) electrons. The number of halogens is 2. The molecule has 2 unspecified atom stereocenters. The zero-order chi connectivity index (χ0) is 19.6. The monoisotopic (exact) mass is 554 g/mol. The summed E-state index contributed by atoms with van der Waals surface area (Å²) in [7, 11) is 1.82.